The molecule has 4 nitrogen and oxygen atoms in total. The lowest BCUT2D eigenvalue weighted by molar-refractivity contribution is -0.139. The highest BCUT2D eigenvalue weighted by Gasteiger charge is 2.13. The highest BCUT2D eigenvalue weighted by molar-refractivity contribution is 5.68. The van der Waals surface area contributed by atoms with Gasteiger partial charge in [-0.25, -0.2) is 5.01 Å². The molecule has 4 heteroatoms. The van der Waals surface area contributed by atoms with Crippen molar-refractivity contribution >= 4 is 5.97 Å². The maximum Gasteiger partial charge on any atom is 0.319 e. The van der Waals surface area contributed by atoms with Crippen LogP contribution in [-0.4, -0.2) is 35.2 Å². The summed E-state index contributed by atoms with van der Waals surface area (Å²) in [5.41, 5.74) is 3.40. The molecule has 1 unspecified atom stereocenters. The van der Waals surface area contributed by atoms with Crippen LogP contribution in [0.4, 0.5) is 0 Å². The molecule has 126 valence electrons. The summed E-state index contributed by atoms with van der Waals surface area (Å²) in [6.45, 7) is 7.37. The number of carboxylic acids is 1. The number of carbonyl (C=O) groups is 1. The van der Waals surface area contributed by atoms with Crippen LogP contribution in [0.3, 0.4) is 0 Å². The second-order valence-electron chi connectivity index (χ2n) is 5.96. The summed E-state index contributed by atoms with van der Waals surface area (Å²) < 4.78 is 0. The molecule has 0 aliphatic heterocycles. The number of hydrogen-bond acceptors (Lipinski definition) is 3. The molecule has 0 amide bonds. The summed E-state index contributed by atoms with van der Waals surface area (Å²) in [6, 6.07) is 0.409. The Kier molecular flexibility index (Phi) is 13.9. The van der Waals surface area contributed by atoms with Crippen LogP contribution >= 0.6 is 0 Å². The lowest BCUT2D eigenvalue weighted by atomic mass is 10.0. The molecule has 0 fully saturated rings. The molecule has 0 aromatic rings. The Labute approximate surface area is 131 Å². The first-order chi connectivity index (χ1) is 10.1. The number of rotatable bonds is 15. The second kappa shape index (κ2) is 14.3. The van der Waals surface area contributed by atoms with Crippen molar-refractivity contribution in [3.8, 4) is 0 Å². The van der Waals surface area contributed by atoms with Crippen molar-refractivity contribution in [2.75, 3.05) is 13.1 Å². The fourth-order valence-corrected chi connectivity index (χ4v) is 2.59. The van der Waals surface area contributed by atoms with Crippen molar-refractivity contribution in [2.45, 2.75) is 91.0 Å². The van der Waals surface area contributed by atoms with Crippen LogP contribution in [-0.2, 0) is 4.79 Å². The molecular formula is C17H36N2O2. The summed E-state index contributed by atoms with van der Waals surface area (Å²) in [5, 5.41) is 10.8. The predicted octanol–water partition coefficient (Wildman–Crippen LogP) is 4.21. The van der Waals surface area contributed by atoms with Crippen LogP contribution in [0.1, 0.15) is 85.0 Å². The Morgan fingerprint density at radius 2 is 1.62 bits per heavy atom. The Morgan fingerprint density at radius 3 is 2.14 bits per heavy atom. The van der Waals surface area contributed by atoms with Gasteiger partial charge in [0.15, 0.2) is 0 Å². The Balaban J connectivity index is 3.83. The molecule has 0 bridgehead atoms. The van der Waals surface area contributed by atoms with Gasteiger partial charge in [0, 0.05) is 12.6 Å². The Morgan fingerprint density at radius 1 is 1.00 bits per heavy atom. The molecule has 0 aromatic carbocycles. The Bertz CT molecular complexity index is 247. The van der Waals surface area contributed by atoms with E-state index in [0.717, 1.165) is 25.8 Å². The summed E-state index contributed by atoms with van der Waals surface area (Å²) >= 11 is 0. The molecule has 0 aromatic heterocycles. The highest BCUT2D eigenvalue weighted by atomic mass is 16.4. The van der Waals surface area contributed by atoms with Crippen molar-refractivity contribution in [3.63, 3.8) is 0 Å². The molecule has 21 heavy (non-hydrogen) atoms. The van der Waals surface area contributed by atoms with Gasteiger partial charge >= 0.3 is 5.97 Å². The molecule has 0 heterocycles. The summed E-state index contributed by atoms with van der Waals surface area (Å²) in [5.74, 6) is -0.762. The van der Waals surface area contributed by atoms with Gasteiger partial charge in [0.1, 0.15) is 6.54 Å². The normalized spacial score (nSPS) is 12.8. The fraction of sp³-hybridized carbons (Fsp3) is 0.941. The van der Waals surface area contributed by atoms with Crippen LogP contribution in [0.2, 0.25) is 0 Å². The zero-order chi connectivity index (χ0) is 15.9. The fourth-order valence-electron chi connectivity index (χ4n) is 2.59. The van der Waals surface area contributed by atoms with Gasteiger partial charge in [0.2, 0.25) is 0 Å². The zero-order valence-corrected chi connectivity index (χ0v) is 14.4. The molecule has 0 aliphatic carbocycles. The largest absolute Gasteiger partial charge is 0.480 e. The number of unbranched alkanes of at least 4 members (excludes halogenated alkanes) is 6. The van der Waals surface area contributed by atoms with Gasteiger partial charge in [-0.05, 0) is 19.3 Å². The van der Waals surface area contributed by atoms with Crippen molar-refractivity contribution in [1.82, 2.24) is 10.4 Å². The molecular weight excluding hydrogens is 264 g/mol. The number of hydrazine groups is 1. The lowest BCUT2D eigenvalue weighted by Gasteiger charge is -2.27. The summed E-state index contributed by atoms with van der Waals surface area (Å²) in [4.78, 5) is 10.9. The lowest BCUT2D eigenvalue weighted by Crippen LogP contribution is -2.47. The van der Waals surface area contributed by atoms with Crippen LogP contribution in [0.15, 0.2) is 0 Å². The maximum atomic E-state index is 10.9. The SMILES string of the molecule is CCCCCCCCCC(CC)NN(CCC)CC(=O)O. The van der Waals surface area contributed by atoms with Crippen LogP contribution in [0, 0.1) is 0 Å². The van der Waals surface area contributed by atoms with E-state index < -0.39 is 5.97 Å². The monoisotopic (exact) mass is 300 g/mol. The third kappa shape index (κ3) is 12.8. The van der Waals surface area contributed by atoms with Gasteiger partial charge in [-0.1, -0.05) is 65.7 Å². The third-order valence-electron chi connectivity index (χ3n) is 3.83. The molecule has 1 atom stereocenters. The topological polar surface area (TPSA) is 52.6 Å². The van der Waals surface area contributed by atoms with E-state index >= 15 is 0 Å². The van der Waals surface area contributed by atoms with E-state index in [0.29, 0.717) is 6.04 Å². The minimum Gasteiger partial charge on any atom is -0.480 e. The van der Waals surface area contributed by atoms with Crippen LogP contribution < -0.4 is 5.43 Å². The van der Waals surface area contributed by atoms with Crippen molar-refractivity contribution in [3.05, 3.63) is 0 Å². The van der Waals surface area contributed by atoms with E-state index in [1.54, 1.807) is 0 Å². The maximum absolute atomic E-state index is 10.9. The van der Waals surface area contributed by atoms with Gasteiger partial charge in [0.25, 0.3) is 0 Å². The minimum absolute atomic E-state index is 0.0847. The summed E-state index contributed by atoms with van der Waals surface area (Å²) in [6.07, 6.45) is 12.4. The van der Waals surface area contributed by atoms with Crippen LogP contribution in [0.5, 0.6) is 0 Å². The number of nitrogens with zero attached hydrogens (tertiary/aromatic N) is 1. The highest BCUT2D eigenvalue weighted by Crippen LogP contribution is 2.11. The average molecular weight is 300 g/mol. The molecule has 0 saturated heterocycles. The van der Waals surface area contributed by atoms with Gasteiger partial charge in [-0.15, -0.1) is 0 Å². The zero-order valence-electron chi connectivity index (χ0n) is 14.4. The van der Waals surface area contributed by atoms with Crippen molar-refractivity contribution in [1.29, 1.82) is 0 Å². The number of carboxylic acid groups (broad SMARTS) is 1. The van der Waals surface area contributed by atoms with Gasteiger partial charge < -0.3 is 5.11 Å². The van der Waals surface area contributed by atoms with Gasteiger partial charge in [-0.3, -0.25) is 10.2 Å². The molecule has 2 N–H and O–H groups in total. The van der Waals surface area contributed by atoms with E-state index in [2.05, 4.69) is 26.2 Å². The number of aliphatic carboxylic acids is 1. The minimum atomic E-state index is -0.762. The van der Waals surface area contributed by atoms with E-state index in [-0.39, 0.29) is 6.54 Å². The first-order valence-electron chi connectivity index (χ1n) is 8.86. The third-order valence-corrected chi connectivity index (χ3v) is 3.83. The van der Waals surface area contributed by atoms with E-state index in [9.17, 15) is 4.79 Å². The average Bonchev–Trinajstić information content (AvgIpc) is 2.44. The number of nitrogens with one attached hydrogen (secondary N) is 1. The first-order valence-corrected chi connectivity index (χ1v) is 8.86. The molecule has 0 spiro atoms. The standard InChI is InChI=1S/C17H36N2O2/c1-4-7-8-9-10-11-12-13-16(6-3)18-19(14-5-2)15-17(20)21/h16,18H,4-15H2,1-3H3,(H,20,21). The van der Waals surface area contributed by atoms with Crippen molar-refractivity contribution in [2.24, 2.45) is 0 Å². The summed E-state index contributed by atoms with van der Waals surface area (Å²) in [7, 11) is 0. The molecule has 0 radical (unpaired) electrons. The van der Waals surface area contributed by atoms with Gasteiger partial charge in [-0.2, -0.15) is 0 Å². The second-order valence-corrected chi connectivity index (χ2v) is 5.96. The number of hydrogen-bond donors (Lipinski definition) is 2. The Hall–Kier alpha value is -0.610. The molecule has 0 aliphatic rings. The van der Waals surface area contributed by atoms with Gasteiger partial charge in [0.05, 0.1) is 0 Å². The first kappa shape index (κ1) is 20.4. The smallest absolute Gasteiger partial charge is 0.319 e. The quantitative estimate of drug-likeness (QED) is 0.351. The predicted molar refractivity (Wildman–Crippen MR) is 89.3 cm³/mol. The van der Waals surface area contributed by atoms with Crippen molar-refractivity contribution < 1.29 is 9.90 Å². The van der Waals surface area contributed by atoms with E-state index in [1.165, 1.54) is 44.9 Å². The van der Waals surface area contributed by atoms with E-state index in [1.807, 2.05) is 5.01 Å². The molecule has 0 rings (SSSR count). The van der Waals surface area contributed by atoms with Crippen LogP contribution in [0.25, 0.3) is 0 Å². The van der Waals surface area contributed by atoms with E-state index in [4.69, 9.17) is 5.11 Å². The molecule has 0 saturated carbocycles.